The molecular weight excluding hydrogens is 202 g/mol. The second-order valence-corrected chi connectivity index (χ2v) is 4.09. The smallest absolute Gasteiger partial charge is 0.119 e. The molecule has 1 rings (SSSR count). The lowest BCUT2D eigenvalue weighted by atomic mass is 10.1. The SMILES string of the molecule is CCCN(CC)C(C)c1cc(O)cc(O)c1. The summed E-state index contributed by atoms with van der Waals surface area (Å²) in [7, 11) is 0. The van der Waals surface area contributed by atoms with E-state index in [0.29, 0.717) is 0 Å². The molecule has 1 aromatic carbocycles. The van der Waals surface area contributed by atoms with Gasteiger partial charge in [-0.25, -0.2) is 0 Å². The number of aromatic hydroxyl groups is 2. The molecule has 1 unspecified atom stereocenters. The van der Waals surface area contributed by atoms with Crippen molar-refractivity contribution in [3.05, 3.63) is 23.8 Å². The fraction of sp³-hybridized carbons (Fsp3) is 0.538. The third-order valence-electron chi connectivity index (χ3n) is 2.87. The normalized spacial score (nSPS) is 13.0. The molecule has 0 heterocycles. The zero-order valence-electron chi connectivity index (χ0n) is 10.3. The summed E-state index contributed by atoms with van der Waals surface area (Å²) in [5.41, 5.74) is 0.952. The Morgan fingerprint density at radius 1 is 1.12 bits per heavy atom. The highest BCUT2D eigenvalue weighted by Gasteiger charge is 2.14. The first-order chi connectivity index (χ1) is 7.58. The second kappa shape index (κ2) is 5.75. The van der Waals surface area contributed by atoms with Crippen molar-refractivity contribution in [2.45, 2.75) is 33.2 Å². The van der Waals surface area contributed by atoms with Crippen molar-refractivity contribution in [1.82, 2.24) is 4.90 Å². The minimum Gasteiger partial charge on any atom is -0.508 e. The molecule has 0 spiro atoms. The molecule has 1 aromatic rings. The zero-order valence-corrected chi connectivity index (χ0v) is 10.3. The maximum atomic E-state index is 9.45. The van der Waals surface area contributed by atoms with Crippen molar-refractivity contribution < 1.29 is 10.2 Å². The van der Waals surface area contributed by atoms with Crippen LogP contribution in [-0.4, -0.2) is 28.2 Å². The van der Waals surface area contributed by atoms with Gasteiger partial charge in [0.05, 0.1) is 0 Å². The van der Waals surface area contributed by atoms with Gasteiger partial charge in [0.15, 0.2) is 0 Å². The van der Waals surface area contributed by atoms with Crippen LogP contribution in [-0.2, 0) is 0 Å². The van der Waals surface area contributed by atoms with Crippen molar-refractivity contribution >= 4 is 0 Å². The quantitative estimate of drug-likeness (QED) is 0.806. The average molecular weight is 223 g/mol. The van der Waals surface area contributed by atoms with Crippen LogP contribution in [0.25, 0.3) is 0 Å². The van der Waals surface area contributed by atoms with Crippen molar-refractivity contribution in [2.24, 2.45) is 0 Å². The van der Waals surface area contributed by atoms with Crippen LogP contribution >= 0.6 is 0 Å². The molecule has 0 aliphatic carbocycles. The van der Waals surface area contributed by atoms with Crippen LogP contribution in [0, 0.1) is 0 Å². The van der Waals surface area contributed by atoms with Gasteiger partial charge in [-0.05, 0) is 44.1 Å². The number of benzene rings is 1. The molecule has 0 saturated carbocycles. The molecule has 0 aliphatic rings. The van der Waals surface area contributed by atoms with E-state index in [2.05, 4.69) is 25.7 Å². The van der Waals surface area contributed by atoms with Crippen LogP contribution in [0.15, 0.2) is 18.2 Å². The van der Waals surface area contributed by atoms with E-state index in [1.54, 1.807) is 12.1 Å². The highest BCUT2D eigenvalue weighted by atomic mass is 16.3. The summed E-state index contributed by atoms with van der Waals surface area (Å²) >= 11 is 0. The molecule has 0 saturated heterocycles. The lowest BCUT2D eigenvalue weighted by Crippen LogP contribution is -2.27. The molecule has 3 heteroatoms. The van der Waals surface area contributed by atoms with Crippen molar-refractivity contribution in [2.75, 3.05) is 13.1 Å². The Bertz CT molecular complexity index is 318. The van der Waals surface area contributed by atoms with E-state index >= 15 is 0 Å². The van der Waals surface area contributed by atoms with Crippen molar-refractivity contribution in [1.29, 1.82) is 0 Å². The molecular formula is C13H21NO2. The van der Waals surface area contributed by atoms with E-state index in [9.17, 15) is 10.2 Å². The number of hydrogen-bond donors (Lipinski definition) is 2. The Labute approximate surface area is 97.3 Å². The van der Waals surface area contributed by atoms with Crippen LogP contribution < -0.4 is 0 Å². The highest BCUT2D eigenvalue weighted by molar-refractivity contribution is 5.37. The number of phenolic OH excluding ortho intramolecular Hbond substituents is 2. The minimum atomic E-state index is 0.120. The van der Waals surface area contributed by atoms with E-state index in [1.165, 1.54) is 6.07 Å². The Hall–Kier alpha value is -1.22. The molecule has 0 aromatic heterocycles. The summed E-state index contributed by atoms with van der Waals surface area (Å²) < 4.78 is 0. The summed E-state index contributed by atoms with van der Waals surface area (Å²) in [5.74, 6) is 0.240. The van der Waals surface area contributed by atoms with Gasteiger partial charge in [0.25, 0.3) is 0 Å². The first kappa shape index (κ1) is 12.8. The standard InChI is InChI=1S/C13H21NO2/c1-4-6-14(5-2)10(3)11-7-12(15)9-13(16)8-11/h7-10,15-16H,4-6H2,1-3H3. The minimum absolute atomic E-state index is 0.120. The molecule has 90 valence electrons. The Kier molecular flexibility index (Phi) is 4.62. The predicted molar refractivity (Wildman–Crippen MR) is 65.7 cm³/mol. The molecule has 1 atom stereocenters. The first-order valence-corrected chi connectivity index (χ1v) is 5.85. The largest absolute Gasteiger partial charge is 0.508 e. The number of nitrogens with zero attached hydrogens (tertiary/aromatic N) is 1. The van der Waals surface area contributed by atoms with E-state index in [4.69, 9.17) is 0 Å². The summed E-state index contributed by atoms with van der Waals surface area (Å²) in [6.07, 6.45) is 1.10. The van der Waals surface area contributed by atoms with Gasteiger partial charge in [-0.15, -0.1) is 0 Å². The van der Waals surface area contributed by atoms with Gasteiger partial charge < -0.3 is 10.2 Å². The molecule has 0 fully saturated rings. The molecule has 0 aliphatic heterocycles. The summed E-state index contributed by atoms with van der Waals surface area (Å²) in [6.45, 7) is 8.34. The van der Waals surface area contributed by atoms with Gasteiger partial charge >= 0.3 is 0 Å². The van der Waals surface area contributed by atoms with E-state index < -0.39 is 0 Å². The molecule has 16 heavy (non-hydrogen) atoms. The number of rotatable bonds is 5. The zero-order chi connectivity index (χ0) is 12.1. The lowest BCUT2D eigenvalue weighted by Gasteiger charge is -2.27. The van der Waals surface area contributed by atoms with Crippen molar-refractivity contribution in [3.8, 4) is 11.5 Å². The Balaban J connectivity index is 2.89. The molecule has 0 radical (unpaired) electrons. The van der Waals surface area contributed by atoms with Gasteiger partial charge in [0.1, 0.15) is 11.5 Å². The lowest BCUT2D eigenvalue weighted by molar-refractivity contribution is 0.222. The fourth-order valence-corrected chi connectivity index (χ4v) is 1.98. The summed E-state index contributed by atoms with van der Waals surface area (Å²) in [4.78, 5) is 2.31. The molecule has 0 amide bonds. The maximum Gasteiger partial charge on any atom is 0.119 e. The van der Waals surface area contributed by atoms with E-state index in [0.717, 1.165) is 25.1 Å². The maximum absolute atomic E-state index is 9.45. The van der Waals surface area contributed by atoms with E-state index in [-0.39, 0.29) is 17.5 Å². The topological polar surface area (TPSA) is 43.7 Å². The van der Waals surface area contributed by atoms with Gasteiger partial charge in [0, 0.05) is 12.1 Å². The predicted octanol–water partition coefficient (Wildman–Crippen LogP) is 2.89. The highest BCUT2D eigenvalue weighted by Crippen LogP contribution is 2.27. The van der Waals surface area contributed by atoms with Gasteiger partial charge in [-0.3, -0.25) is 4.90 Å². The molecule has 2 N–H and O–H groups in total. The molecule has 0 bridgehead atoms. The molecule has 3 nitrogen and oxygen atoms in total. The number of phenols is 2. The van der Waals surface area contributed by atoms with Gasteiger partial charge in [-0.2, -0.15) is 0 Å². The van der Waals surface area contributed by atoms with Gasteiger partial charge in [-0.1, -0.05) is 13.8 Å². The van der Waals surface area contributed by atoms with Crippen LogP contribution in [0.3, 0.4) is 0 Å². The monoisotopic (exact) mass is 223 g/mol. The van der Waals surface area contributed by atoms with Crippen LogP contribution in [0.5, 0.6) is 11.5 Å². The number of hydrogen-bond acceptors (Lipinski definition) is 3. The Morgan fingerprint density at radius 3 is 2.12 bits per heavy atom. The second-order valence-electron chi connectivity index (χ2n) is 4.09. The van der Waals surface area contributed by atoms with Crippen LogP contribution in [0.2, 0.25) is 0 Å². The van der Waals surface area contributed by atoms with E-state index in [1.807, 2.05) is 0 Å². The summed E-state index contributed by atoms with van der Waals surface area (Å²) in [6, 6.07) is 4.99. The fourth-order valence-electron chi connectivity index (χ4n) is 1.98. The van der Waals surface area contributed by atoms with Crippen LogP contribution in [0.4, 0.5) is 0 Å². The third-order valence-corrected chi connectivity index (χ3v) is 2.87. The van der Waals surface area contributed by atoms with Crippen molar-refractivity contribution in [3.63, 3.8) is 0 Å². The van der Waals surface area contributed by atoms with Crippen LogP contribution in [0.1, 0.15) is 38.8 Å². The Morgan fingerprint density at radius 2 is 1.69 bits per heavy atom. The summed E-state index contributed by atoms with van der Waals surface area (Å²) in [5, 5.41) is 18.9. The first-order valence-electron chi connectivity index (χ1n) is 5.85. The average Bonchev–Trinajstić information content (AvgIpc) is 2.23. The third kappa shape index (κ3) is 3.14. The van der Waals surface area contributed by atoms with Gasteiger partial charge in [0.2, 0.25) is 0 Å².